The van der Waals surface area contributed by atoms with E-state index in [0.29, 0.717) is 18.2 Å². The van der Waals surface area contributed by atoms with E-state index < -0.39 is 0 Å². The Morgan fingerprint density at radius 2 is 1.97 bits per heavy atom. The van der Waals surface area contributed by atoms with E-state index in [9.17, 15) is 9.59 Å². The lowest BCUT2D eigenvalue weighted by molar-refractivity contribution is -0.121. The second-order valence-electron chi connectivity index (χ2n) is 8.31. The monoisotopic (exact) mass is 453 g/mol. The predicted octanol–water partition coefficient (Wildman–Crippen LogP) is 2.68. The summed E-state index contributed by atoms with van der Waals surface area (Å²) < 4.78 is 0. The molecule has 32 heavy (non-hydrogen) atoms. The van der Waals surface area contributed by atoms with Crippen molar-refractivity contribution in [3.8, 4) is 11.3 Å². The highest BCUT2D eigenvalue weighted by Crippen LogP contribution is 2.33. The molecule has 2 aliphatic heterocycles. The number of hydrogen-bond acceptors (Lipinski definition) is 5. The van der Waals surface area contributed by atoms with Crippen LogP contribution in [0.4, 0.5) is 4.79 Å². The molecule has 0 radical (unpaired) electrons. The van der Waals surface area contributed by atoms with Gasteiger partial charge in [-0.2, -0.15) is 11.8 Å². The molecule has 2 aliphatic rings. The number of benzene rings is 1. The predicted molar refractivity (Wildman–Crippen MR) is 128 cm³/mol. The Balaban J connectivity index is 1.04. The second-order valence-corrected chi connectivity index (χ2v) is 9.58. The van der Waals surface area contributed by atoms with Crippen LogP contribution in [0.2, 0.25) is 0 Å². The first-order valence-electron chi connectivity index (χ1n) is 11.4. The van der Waals surface area contributed by atoms with Gasteiger partial charge in [0.25, 0.3) is 0 Å². The van der Waals surface area contributed by atoms with Gasteiger partial charge in [-0.1, -0.05) is 36.8 Å². The summed E-state index contributed by atoms with van der Waals surface area (Å²) in [6.45, 7) is 2.14. The van der Waals surface area contributed by atoms with E-state index in [1.54, 1.807) is 6.20 Å². The lowest BCUT2D eigenvalue weighted by atomic mass is 10.0. The Bertz CT molecular complexity index is 893. The molecule has 1 aromatic carbocycles. The molecule has 0 unspecified atom stereocenters. The summed E-state index contributed by atoms with van der Waals surface area (Å²) in [5.74, 6) is 1.09. The zero-order chi connectivity index (χ0) is 22.2. The molecule has 3 heterocycles. The van der Waals surface area contributed by atoms with Crippen LogP contribution in [0.3, 0.4) is 0 Å². The van der Waals surface area contributed by atoms with Crippen LogP contribution in [0.1, 0.15) is 31.2 Å². The largest absolute Gasteiger partial charge is 0.355 e. The Kier molecular flexibility index (Phi) is 8.01. The lowest BCUT2D eigenvalue weighted by Crippen LogP contribution is -2.36. The van der Waals surface area contributed by atoms with Gasteiger partial charge in [0.05, 0.1) is 17.8 Å². The molecule has 4 rings (SSSR count). The van der Waals surface area contributed by atoms with E-state index in [1.807, 2.05) is 30.0 Å². The van der Waals surface area contributed by atoms with Gasteiger partial charge in [0.15, 0.2) is 0 Å². The first kappa shape index (κ1) is 22.6. The number of rotatable bonds is 11. The fourth-order valence-corrected chi connectivity index (χ4v) is 5.76. The van der Waals surface area contributed by atoms with Crippen molar-refractivity contribution in [1.29, 1.82) is 0 Å². The van der Waals surface area contributed by atoms with Gasteiger partial charge in [-0.05, 0) is 30.5 Å². The number of hydrogen-bond donors (Lipinski definition) is 4. The number of pyridine rings is 1. The summed E-state index contributed by atoms with van der Waals surface area (Å²) in [6, 6.07) is 14.8. The molecule has 3 amide bonds. The molecule has 0 spiro atoms. The molecule has 170 valence electrons. The number of nitrogens with zero attached hydrogens (tertiary/aromatic N) is 1. The molecule has 2 aromatic rings. The molecular weight excluding hydrogens is 422 g/mol. The third-order valence-electron chi connectivity index (χ3n) is 5.95. The first-order valence-corrected chi connectivity index (χ1v) is 12.4. The third-order valence-corrected chi connectivity index (χ3v) is 7.46. The van der Waals surface area contributed by atoms with Gasteiger partial charge in [-0.25, -0.2) is 4.79 Å². The Morgan fingerprint density at radius 3 is 2.78 bits per heavy atom. The number of carbonyl (C=O) groups excluding carboxylic acids is 2. The fraction of sp³-hybridized carbons (Fsp3) is 0.458. The van der Waals surface area contributed by atoms with E-state index in [2.05, 4.69) is 50.5 Å². The molecule has 0 saturated carbocycles. The van der Waals surface area contributed by atoms with E-state index >= 15 is 0 Å². The van der Waals surface area contributed by atoms with Crippen molar-refractivity contribution in [3.05, 3.63) is 54.2 Å². The van der Waals surface area contributed by atoms with Gasteiger partial charge in [-0.3, -0.25) is 9.78 Å². The minimum absolute atomic E-state index is 0.0419. The van der Waals surface area contributed by atoms with Gasteiger partial charge >= 0.3 is 6.03 Å². The quantitative estimate of drug-likeness (QED) is 0.310. The maximum Gasteiger partial charge on any atom is 0.315 e. The Labute approximate surface area is 193 Å². The molecule has 4 N–H and O–H groups in total. The number of aromatic nitrogens is 1. The maximum absolute atomic E-state index is 12.1. The number of fused-ring (bicyclic) bond motifs is 1. The van der Waals surface area contributed by atoms with Crippen LogP contribution in [0.15, 0.2) is 48.7 Å². The number of amides is 3. The molecule has 3 atom stereocenters. The van der Waals surface area contributed by atoms with E-state index in [1.165, 1.54) is 5.56 Å². The Morgan fingerprint density at radius 1 is 1.09 bits per heavy atom. The van der Waals surface area contributed by atoms with Crippen LogP contribution < -0.4 is 21.3 Å². The van der Waals surface area contributed by atoms with Crippen LogP contribution in [0, 0.1) is 0 Å². The number of unbranched alkanes of at least 4 members (excludes halogenated alkanes) is 1. The van der Waals surface area contributed by atoms with Crippen LogP contribution in [-0.4, -0.2) is 53.1 Å². The molecule has 0 bridgehead atoms. The van der Waals surface area contributed by atoms with Gasteiger partial charge in [-0.15, -0.1) is 0 Å². The Hall–Kier alpha value is -2.58. The number of carbonyl (C=O) groups is 2. The number of thioether (sulfide) groups is 1. The van der Waals surface area contributed by atoms with Crippen molar-refractivity contribution in [2.45, 2.75) is 49.6 Å². The summed E-state index contributed by atoms with van der Waals surface area (Å²) in [6.07, 6.45) is 5.30. The number of nitrogens with one attached hydrogen (secondary N) is 4. The zero-order valence-corrected chi connectivity index (χ0v) is 19.0. The zero-order valence-electron chi connectivity index (χ0n) is 18.2. The topological polar surface area (TPSA) is 95.2 Å². The SMILES string of the molecule is O=C(CCCC[C@@H]1SC[C@@H]2NC(=O)N[C@@H]21)NCCNCc1ccc(-c2ccccn2)cc1. The van der Waals surface area contributed by atoms with Crippen LogP contribution >= 0.6 is 11.8 Å². The lowest BCUT2D eigenvalue weighted by Gasteiger charge is -2.16. The van der Waals surface area contributed by atoms with Crippen LogP contribution in [-0.2, 0) is 11.3 Å². The average molecular weight is 454 g/mol. The standard InChI is InChI=1S/C24H31N5O2S/c30-22(7-2-1-6-21-23-20(16-32-21)28-24(31)29-23)27-14-13-25-15-17-8-10-18(11-9-17)19-5-3-4-12-26-19/h3-5,8-12,20-21,23,25H,1-2,6-7,13-16H2,(H,27,30)(H2,28,29,31)/t20-,21-,23-/m0/s1. The van der Waals surface area contributed by atoms with Crippen molar-refractivity contribution in [1.82, 2.24) is 26.3 Å². The minimum Gasteiger partial charge on any atom is -0.355 e. The summed E-state index contributed by atoms with van der Waals surface area (Å²) in [7, 11) is 0. The van der Waals surface area contributed by atoms with Gasteiger partial charge < -0.3 is 21.3 Å². The second kappa shape index (κ2) is 11.3. The van der Waals surface area contributed by atoms with Crippen LogP contribution in [0.25, 0.3) is 11.3 Å². The highest BCUT2D eigenvalue weighted by Gasteiger charge is 2.42. The average Bonchev–Trinajstić information content (AvgIpc) is 3.37. The molecule has 8 heteroatoms. The van der Waals surface area contributed by atoms with Crippen molar-refractivity contribution >= 4 is 23.7 Å². The summed E-state index contributed by atoms with van der Waals surface area (Å²) in [4.78, 5) is 27.8. The van der Waals surface area contributed by atoms with Gasteiger partial charge in [0.1, 0.15) is 0 Å². The van der Waals surface area contributed by atoms with E-state index in [4.69, 9.17) is 0 Å². The normalized spacial score (nSPS) is 21.6. The van der Waals surface area contributed by atoms with Gasteiger partial charge in [0, 0.05) is 48.8 Å². The van der Waals surface area contributed by atoms with Crippen molar-refractivity contribution in [3.63, 3.8) is 0 Å². The number of urea groups is 1. The minimum atomic E-state index is -0.0419. The molecule has 2 fully saturated rings. The van der Waals surface area contributed by atoms with Crippen molar-refractivity contribution in [2.24, 2.45) is 0 Å². The molecule has 1 aromatic heterocycles. The fourth-order valence-electron chi connectivity index (χ4n) is 4.21. The third kappa shape index (κ3) is 6.23. The smallest absolute Gasteiger partial charge is 0.315 e. The highest BCUT2D eigenvalue weighted by molar-refractivity contribution is 8.00. The van der Waals surface area contributed by atoms with Crippen molar-refractivity contribution in [2.75, 3.05) is 18.8 Å². The summed E-state index contributed by atoms with van der Waals surface area (Å²) in [5, 5.41) is 12.8. The van der Waals surface area contributed by atoms with Crippen LogP contribution in [0.5, 0.6) is 0 Å². The molecule has 0 aliphatic carbocycles. The summed E-state index contributed by atoms with van der Waals surface area (Å²) in [5.41, 5.74) is 3.29. The highest BCUT2D eigenvalue weighted by atomic mass is 32.2. The maximum atomic E-state index is 12.1. The summed E-state index contributed by atoms with van der Waals surface area (Å²) >= 11 is 1.92. The molecule has 7 nitrogen and oxygen atoms in total. The van der Waals surface area contributed by atoms with Gasteiger partial charge in [0.2, 0.25) is 5.91 Å². The van der Waals surface area contributed by atoms with E-state index in [-0.39, 0.29) is 24.0 Å². The molecular formula is C24H31N5O2S. The van der Waals surface area contributed by atoms with E-state index in [0.717, 1.165) is 49.4 Å². The van der Waals surface area contributed by atoms with Crippen molar-refractivity contribution < 1.29 is 9.59 Å². The molecule has 2 saturated heterocycles. The first-order chi connectivity index (χ1) is 15.7.